The highest BCUT2D eigenvalue weighted by Crippen LogP contribution is 2.21. The van der Waals surface area contributed by atoms with Crippen molar-refractivity contribution < 1.29 is 14.3 Å². The summed E-state index contributed by atoms with van der Waals surface area (Å²) in [5.41, 5.74) is -0.273. The summed E-state index contributed by atoms with van der Waals surface area (Å²) in [5, 5.41) is 0. The number of hydrogen-bond donors (Lipinski definition) is 1. The molecule has 0 aliphatic heterocycles. The summed E-state index contributed by atoms with van der Waals surface area (Å²) in [4.78, 5) is 32.4. The van der Waals surface area contributed by atoms with Gasteiger partial charge in [0.15, 0.2) is 0 Å². The van der Waals surface area contributed by atoms with E-state index in [1.807, 2.05) is 20.8 Å². The fourth-order valence-corrected chi connectivity index (χ4v) is 1.82. The molecule has 21 heavy (non-hydrogen) atoms. The molecule has 0 radical (unpaired) electrons. The summed E-state index contributed by atoms with van der Waals surface area (Å²) < 4.78 is 4.94. The number of H-pyrrole nitrogens is 1. The summed E-state index contributed by atoms with van der Waals surface area (Å²) in [7, 11) is 0. The molecule has 2 rings (SSSR count). The number of imidazole rings is 1. The van der Waals surface area contributed by atoms with Gasteiger partial charge in [-0.05, 0) is 32.9 Å². The Bertz CT molecular complexity index is 615. The molecule has 1 aromatic heterocycles. The Hall–Kier alpha value is -2.63. The van der Waals surface area contributed by atoms with Gasteiger partial charge in [0, 0.05) is 17.9 Å². The van der Waals surface area contributed by atoms with Crippen molar-refractivity contribution in [3.05, 3.63) is 48.3 Å². The van der Waals surface area contributed by atoms with Gasteiger partial charge in [-0.25, -0.2) is 19.5 Å². The minimum absolute atomic E-state index is 0.319. The van der Waals surface area contributed by atoms with Crippen molar-refractivity contribution in [1.82, 2.24) is 9.97 Å². The van der Waals surface area contributed by atoms with E-state index in [0.717, 1.165) is 0 Å². The van der Waals surface area contributed by atoms with Gasteiger partial charge in [0.05, 0.1) is 5.56 Å². The Morgan fingerprint density at radius 3 is 2.38 bits per heavy atom. The van der Waals surface area contributed by atoms with Gasteiger partial charge >= 0.3 is 12.1 Å². The largest absolute Gasteiger partial charge is 0.425 e. The Morgan fingerprint density at radius 2 is 1.86 bits per heavy atom. The molecule has 1 aromatic carbocycles. The molecule has 2 aromatic rings. The van der Waals surface area contributed by atoms with Crippen LogP contribution < -0.4 is 4.90 Å². The molecule has 110 valence electrons. The standard InChI is InChI=1S/C15H17N3O3/c1-15(2,3)18(13-16-9-10-17-13)14(20)21-12(19)11-7-5-4-6-8-11/h4-10H,1-3H3,(H,16,17). The second-order valence-corrected chi connectivity index (χ2v) is 5.44. The van der Waals surface area contributed by atoms with Crippen molar-refractivity contribution in [3.63, 3.8) is 0 Å². The van der Waals surface area contributed by atoms with Crippen LogP contribution in [-0.4, -0.2) is 27.6 Å². The molecule has 0 atom stereocenters. The highest BCUT2D eigenvalue weighted by atomic mass is 16.6. The Kier molecular flexibility index (Phi) is 4.07. The van der Waals surface area contributed by atoms with Gasteiger partial charge in [-0.2, -0.15) is 0 Å². The Labute approximate surface area is 122 Å². The maximum Gasteiger partial charge on any atom is 0.425 e. The first-order valence-electron chi connectivity index (χ1n) is 6.50. The zero-order chi connectivity index (χ0) is 15.5. The van der Waals surface area contributed by atoms with Crippen molar-refractivity contribution in [2.24, 2.45) is 0 Å². The number of amides is 1. The number of hydrogen-bond acceptors (Lipinski definition) is 4. The third-order valence-electron chi connectivity index (χ3n) is 2.74. The molecule has 6 nitrogen and oxygen atoms in total. The number of nitrogens with one attached hydrogen (secondary N) is 1. The van der Waals surface area contributed by atoms with Crippen molar-refractivity contribution in [1.29, 1.82) is 0 Å². The number of nitrogens with zero attached hydrogens (tertiary/aromatic N) is 2. The highest BCUT2D eigenvalue weighted by Gasteiger charge is 2.32. The molecule has 1 amide bonds. The second-order valence-electron chi connectivity index (χ2n) is 5.44. The predicted molar refractivity (Wildman–Crippen MR) is 78.1 cm³/mol. The first-order chi connectivity index (χ1) is 9.89. The lowest BCUT2D eigenvalue weighted by atomic mass is 10.1. The molecule has 0 saturated heterocycles. The van der Waals surface area contributed by atoms with E-state index in [1.165, 1.54) is 11.1 Å². The number of benzene rings is 1. The van der Waals surface area contributed by atoms with Crippen LogP contribution in [0.5, 0.6) is 0 Å². The van der Waals surface area contributed by atoms with Crippen LogP contribution in [0.4, 0.5) is 10.7 Å². The monoisotopic (exact) mass is 287 g/mol. The molecule has 0 aliphatic carbocycles. The molecule has 1 heterocycles. The summed E-state index contributed by atoms with van der Waals surface area (Å²) in [6.07, 6.45) is 2.35. The van der Waals surface area contributed by atoms with E-state index in [-0.39, 0.29) is 0 Å². The van der Waals surface area contributed by atoms with E-state index in [1.54, 1.807) is 36.5 Å². The van der Waals surface area contributed by atoms with Gasteiger partial charge in [-0.3, -0.25) is 0 Å². The van der Waals surface area contributed by atoms with Crippen molar-refractivity contribution in [3.8, 4) is 0 Å². The van der Waals surface area contributed by atoms with Gasteiger partial charge in [0.1, 0.15) is 0 Å². The molecule has 0 spiro atoms. The summed E-state index contributed by atoms with van der Waals surface area (Å²) in [6, 6.07) is 8.36. The molecule has 1 N–H and O–H groups in total. The van der Waals surface area contributed by atoms with Crippen LogP contribution in [0, 0.1) is 0 Å². The SMILES string of the molecule is CC(C)(C)N(C(=O)OC(=O)c1ccccc1)c1ncc[nH]1. The van der Waals surface area contributed by atoms with Crippen LogP contribution in [0.3, 0.4) is 0 Å². The van der Waals surface area contributed by atoms with Crippen molar-refractivity contribution in [2.75, 3.05) is 4.90 Å². The Morgan fingerprint density at radius 1 is 1.19 bits per heavy atom. The molecular formula is C15H17N3O3. The van der Waals surface area contributed by atoms with Crippen molar-refractivity contribution >= 4 is 18.0 Å². The minimum Gasteiger partial charge on any atom is -0.372 e. The quantitative estimate of drug-likeness (QED) is 0.680. The fraction of sp³-hybridized carbons (Fsp3) is 0.267. The van der Waals surface area contributed by atoms with Gasteiger partial charge in [0.25, 0.3) is 0 Å². The molecule has 0 fully saturated rings. The zero-order valence-corrected chi connectivity index (χ0v) is 12.2. The predicted octanol–water partition coefficient (Wildman–Crippen LogP) is 2.99. The lowest BCUT2D eigenvalue weighted by Gasteiger charge is -2.31. The van der Waals surface area contributed by atoms with Crippen LogP contribution in [0.25, 0.3) is 0 Å². The molecule has 0 aliphatic rings. The third kappa shape index (κ3) is 3.47. The van der Waals surface area contributed by atoms with E-state index >= 15 is 0 Å². The maximum atomic E-state index is 12.3. The van der Waals surface area contributed by atoms with E-state index in [9.17, 15) is 9.59 Å². The second kappa shape index (κ2) is 5.78. The average Bonchev–Trinajstić information content (AvgIpc) is 2.91. The normalized spacial score (nSPS) is 11.0. The third-order valence-corrected chi connectivity index (χ3v) is 2.74. The molecule has 6 heteroatoms. The summed E-state index contributed by atoms with van der Waals surface area (Å²) in [6.45, 7) is 5.47. The summed E-state index contributed by atoms with van der Waals surface area (Å²) in [5.74, 6) is -0.366. The van der Waals surface area contributed by atoms with Crippen molar-refractivity contribution in [2.45, 2.75) is 26.3 Å². The van der Waals surface area contributed by atoms with E-state index in [4.69, 9.17) is 4.74 Å². The molecule has 0 unspecified atom stereocenters. The highest BCUT2D eigenvalue weighted by molar-refractivity contribution is 6.01. The number of ether oxygens (including phenoxy) is 1. The Balaban J connectivity index is 2.19. The number of carbonyl (C=O) groups is 2. The van der Waals surface area contributed by atoms with Gasteiger partial charge in [-0.1, -0.05) is 18.2 Å². The first kappa shape index (κ1) is 14.8. The average molecular weight is 287 g/mol. The van der Waals surface area contributed by atoms with Crippen LogP contribution in [0.1, 0.15) is 31.1 Å². The lowest BCUT2D eigenvalue weighted by Crippen LogP contribution is -2.47. The number of aromatic amines is 1. The number of rotatable bonds is 2. The van der Waals surface area contributed by atoms with Crippen LogP contribution in [0.15, 0.2) is 42.7 Å². The van der Waals surface area contributed by atoms with Gasteiger partial charge in [-0.15, -0.1) is 0 Å². The topological polar surface area (TPSA) is 75.3 Å². The zero-order valence-electron chi connectivity index (χ0n) is 12.2. The van der Waals surface area contributed by atoms with Crippen LogP contribution in [-0.2, 0) is 4.74 Å². The molecule has 0 bridgehead atoms. The maximum absolute atomic E-state index is 12.3. The lowest BCUT2D eigenvalue weighted by molar-refractivity contribution is 0.0627. The number of esters is 1. The fourth-order valence-electron chi connectivity index (χ4n) is 1.82. The van der Waals surface area contributed by atoms with E-state index in [2.05, 4.69) is 9.97 Å². The molecule has 0 saturated carbocycles. The van der Waals surface area contributed by atoms with E-state index in [0.29, 0.717) is 11.5 Å². The van der Waals surface area contributed by atoms with Gasteiger partial charge < -0.3 is 9.72 Å². The molecular weight excluding hydrogens is 270 g/mol. The van der Waals surface area contributed by atoms with Crippen LogP contribution in [0.2, 0.25) is 0 Å². The minimum atomic E-state index is -0.772. The number of carbonyl (C=O) groups excluding carboxylic acids is 2. The van der Waals surface area contributed by atoms with Gasteiger partial charge in [0.2, 0.25) is 5.95 Å². The summed E-state index contributed by atoms with van der Waals surface area (Å²) >= 11 is 0. The smallest absolute Gasteiger partial charge is 0.372 e. The number of anilines is 1. The number of aromatic nitrogens is 2. The first-order valence-corrected chi connectivity index (χ1v) is 6.50. The van der Waals surface area contributed by atoms with Crippen LogP contribution >= 0.6 is 0 Å². The van der Waals surface area contributed by atoms with E-state index < -0.39 is 17.6 Å².